The molecule has 7 heteroatoms. The summed E-state index contributed by atoms with van der Waals surface area (Å²) >= 11 is 4.56. The number of nitrogens with one attached hydrogen (secondary N) is 1. The molecule has 4 nitrogen and oxygen atoms in total. The molecule has 1 aliphatic rings. The molecule has 0 saturated carbocycles. The molecule has 1 saturated heterocycles. The van der Waals surface area contributed by atoms with Gasteiger partial charge in [-0.3, -0.25) is 0 Å². The molecule has 0 amide bonds. The van der Waals surface area contributed by atoms with E-state index in [1.807, 2.05) is 13.8 Å². The van der Waals surface area contributed by atoms with Crippen molar-refractivity contribution in [2.24, 2.45) is 0 Å². The Bertz CT molecular complexity index is 510. The number of hydrogen-bond donors (Lipinski definition) is 1. The molecule has 1 N–H and O–H groups in total. The average molecular weight is 339 g/mol. The average Bonchev–Trinajstić information content (AvgIpc) is 2.64. The molecular formula is C10H15BrN2O2S2. The maximum absolute atomic E-state index is 12.5. The van der Waals surface area contributed by atoms with E-state index in [2.05, 4.69) is 21.2 Å². The third kappa shape index (κ3) is 2.58. The summed E-state index contributed by atoms with van der Waals surface area (Å²) in [6.45, 7) is 5.79. The van der Waals surface area contributed by atoms with Gasteiger partial charge >= 0.3 is 0 Å². The highest BCUT2D eigenvalue weighted by molar-refractivity contribution is 9.11. The molecule has 0 unspecified atom stereocenters. The highest BCUT2D eigenvalue weighted by atomic mass is 79.9. The number of sulfonamides is 1. The topological polar surface area (TPSA) is 49.4 Å². The molecule has 0 spiro atoms. The largest absolute Gasteiger partial charge is 0.314 e. The fourth-order valence-electron chi connectivity index (χ4n) is 1.96. The first-order valence-corrected chi connectivity index (χ1v) is 8.38. The van der Waals surface area contributed by atoms with Crippen LogP contribution in [0.3, 0.4) is 0 Å². The fraction of sp³-hybridized carbons (Fsp3) is 0.600. The summed E-state index contributed by atoms with van der Waals surface area (Å²) in [6.07, 6.45) is 0. The molecule has 17 heavy (non-hydrogen) atoms. The molecule has 1 aromatic rings. The summed E-state index contributed by atoms with van der Waals surface area (Å²) in [5.74, 6) is 0. The van der Waals surface area contributed by atoms with Crippen LogP contribution >= 0.6 is 27.3 Å². The molecular weight excluding hydrogens is 324 g/mol. The van der Waals surface area contributed by atoms with Crippen LogP contribution in [0, 0.1) is 0 Å². The van der Waals surface area contributed by atoms with E-state index in [4.69, 9.17) is 0 Å². The first kappa shape index (κ1) is 13.5. The molecule has 1 aromatic heterocycles. The zero-order valence-electron chi connectivity index (χ0n) is 9.73. The van der Waals surface area contributed by atoms with Crippen molar-refractivity contribution in [1.29, 1.82) is 0 Å². The first-order valence-electron chi connectivity index (χ1n) is 5.33. The van der Waals surface area contributed by atoms with E-state index in [-0.39, 0.29) is 5.54 Å². The van der Waals surface area contributed by atoms with Crippen molar-refractivity contribution in [2.45, 2.75) is 23.6 Å². The molecule has 1 fully saturated rings. The van der Waals surface area contributed by atoms with E-state index in [1.54, 1.807) is 16.4 Å². The molecule has 96 valence electrons. The minimum Gasteiger partial charge on any atom is -0.314 e. The molecule has 0 bridgehead atoms. The van der Waals surface area contributed by atoms with Crippen LogP contribution < -0.4 is 5.32 Å². The van der Waals surface area contributed by atoms with Gasteiger partial charge in [-0.05, 0) is 41.9 Å². The van der Waals surface area contributed by atoms with E-state index in [0.717, 1.165) is 3.79 Å². The third-order valence-electron chi connectivity index (χ3n) is 2.82. The monoisotopic (exact) mass is 338 g/mol. The summed E-state index contributed by atoms with van der Waals surface area (Å²) in [7, 11) is -3.37. The second-order valence-corrected chi connectivity index (χ2v) is 9.18. The fourth-order valence-corrected chi connectivity index (χ4v) is 5.86. The SMILES string of the molecule is CC1(C)CNCCN1S(=O)(=O)c1ccc(Br)s1. The van der Waals surface area contributed by atoms with Gasteiger partial charge in [0.05, 0.1) is 3.79 Å². The maximum atomic E-state index is 12.5. The lowest BCUT2D eigenvalue weighted by Gasteiger charge is -2.41. The van der Waals surface area contributed by atoms with Crippen molar-refractivity contribution in [1.82, 2.24) is 9.62 Å². The second kappa shape index (κ2) is 4.62. The normalized spacial score (nSPS) is 21.6. The minimum absolute atomic E-state index is 0.381. The number of piperazine rings is 1. The van der Waals surface area contributed by atoms with E-state index in [9.17, 15) is 8.42 Å². The van der Waals surface area contributed by atoms with Crippen LogP contribution in [0.4, 0.5) is 0 Å². The standard InChI is InChI=1S/C10H15BrN2O2S2/c1-10(2)7-12-5-6-13(10)17(14,15)9-4-3-8(11)16-9/h3-4,12H,5-7H2,1-2H3. The van der Waals surface area contributed by atoms with Crippen molar-refractivity contribution >= 4 is 37.3 Å². The third-order valence-corrected chi connectivity index (χ3v) is 7.02. The van der Waals surface area contributed by atoms with Crippen LogP contribution in [0.15, 0.2) is 20.1 Å². The predicted molar refractivity (Wildman–Crippen MR) is 72.9 cm³/mol. The number of hydrogen-bond acceptors (Lipinski definition) is 4. The zero-order valence-corrected chi connectivity index (χ0v) is 13.0. The molecule has 0 aromatic carbocycles. The maximum Gasteiger partial charge on any atom is 0.253 e. The van der Waals surface area contributed by atoms with Crippen LogP contribution in [0.2, 0.25) is 0 Å². The second-order valence-electron chi connectivity index (χ2n) is 4.62. The zero-order chi connectivity index (χ0) is 12.7. The lowest BCUT2D eigenvalue weighted by atomic mass is 10.0. The number of halogens is 1. The Morgan fingerprint density at radius 2 is 2.18 bits per heavy atom. The molecule has 0 radical (unpaired) electrons. The van der Waals surface area contributed by atoms with Crippen LogP contribution in [0.1, 0.15) is 13.8 Å². The number of rotatable bonds is 2. The molecule has 2 heterocycles. The molecule has 0 atom stereocenters. The highest BCUT2D eigenvalue weighted by Gasteiger charge is 2.39. The smallest absolute Gasteiger partial charge is 0.253 e. The van der Waals surface area contributed by atoms with Gasteiger partial charge in [0, 0.05) is 25.2 Å². The molecule has 1 aliphatic heterocycles. The Balaban J connectivity index is 2.38. The van der Waals surface area contributed by atoms with Crippen LogP contribution in [-0.4, -0.2) is 37.9 Å². The van der Waals surface area contributed by atoms with E-state index >= 15 is 0 Å². The Morgan fingerprint density at radius 1 is 1.47 bits per heavy atom. The van der Waals surface area contributed by atoms with Gasteiger partial charge in [-0.25, -0.2) is 8.42 Å². The van der Waals surface area contributed by atoms with Crippen LogP contribution in [-0.2, 0) is 10.0 Å². The Kier molecular flexibility index (Phi) is 3.66. The van der Waals surface area contributed by atoms with Crippen LogP contribution in [0.25, 0.3) is 0 Å². The van der Waals surface area contributed by atoms with E-state index in [1.165, 1.54) is 11.3 Å². The Morgan fingerprint density at radius 3 is 2.71 bits per heavy atom. The van der Waals surface area contributed by atoms with Gasteiger partial charge in [-0.15, -0.1) is 11.3 Å². The van der Waals surface area contributed by atoms with Gasteiger partial charge in [0.15, 0.2) is 0 Å². The summed E-state index contributed by atoms with van der Waals surface area (Å²) in [6, 6.07) is 3.43. The first-order chi connectivity index (χ1) is 7.84. The lowest BCUT2D eigenvalue weighted by molar-refractivity contribution is 0.186. The van der Waals surface area contributed by atoms with Crippen LogP contribution in [0.5, 0.6) is 0 Å². The highest BCUT2D eigenvalue weighted by Crippen LogP contribution is 2.32. The summed E-state index contributed by atoms with van der Waals surface area (Å²) in [4.78, 5) is 0. The van der Waals surface area contributed by atoms with Crippen molar-refractivity contribution in [2.75, 3.05) is 19.6 Å². The number of nitrogens with zero attached hydrogens (tertiary/aromatic N) is 1. The summed E-state index contributed by atoms with van der Waals surface area (Å²) in [5, 5.41) is 3.22. The van der Waals surface area contributed by atoms with Crippen molar-refractivity contribution in [3.05, 3.63) is 15.9 Å². The van der Waals surface area contributed by atoms with Crippen molar-refractivity contribution in [3.63, 3.8) is 0 Å². The lowest BCUT2D eigenvalue weighted by Crippen LogP contribution is -2.59. The number of thiophene rings is 1. The summed E-state index contributed by atoms with van der Waals surface area (Å²) in [5.41, 5.74) is -0.381. The van der Waals surface area contributed by atoms with Crippen molar-refractivity contribution < 1.29 is 8.42 Å². The van der Waals surface area contributed by atoms with Gasteiger partial charge in [-0.1, -0.05) is 0 Å². The van der Waals surface area contributed by atoms with Gasteiger partial charge < -0.3 is 5.32 Å². The Hall–Kier alpha value is 0.0500. The van der Waals surface area contributed by atoms with Crippen molar-refractivity contribution in [3.8, 4) is 0 Å². The Labute approximate surface area is 114 Å². The van der Waals surface area contributed by atoms with Gasteiger partial charge in [-0.2, -0.15) is 4.31 Å². The van der Waals surface area contributed by atoms with E-state index < -0.39 is 10.0 Å². The van der Waals surface area contributed by atoms with Gasteiger partial charge in [0.1, 0.15) is 4.21 Å². The van der Waals surface area contributed by atoms with Gasteiger partial charge in [0.25, 0.3) is 10.0 Å². The quantitative estimate of drug-likeness (QED) is 0.895. The minimum atomic E-state index is -3.37. The molecule has 2 rings (SSSR count). The predicted octanol–water partition coefficient (Wildman–Crippen LogP) is 1.88. The molecule has 0 aliphatic carbocycles. The van der Waals surface area contributed by atoms with Gasteiger partial charge in [0.2, 0.25) is 0 Å². The van der Waals surface area contributed by atoms with E-state index in [0.29, 0.717) is 23.8 Å². The summed E-state index contributed by atoms with van der Waals surface area (Å²) < 4.78 is 27.8.